The third kappa shape index (κ3) is 4.26. The van der Waals surface area contributed by atoms with Crippen molar-refractivity contribution in [2.75, 3.05) is 26.2 Å². The SMILES string of the molecule is Cc1nc(-c2ccccc2)ccc1C(=O)N1CCN(S(=O)(=O)c2ccc(F)c(F)c2)CC1. The van der Waals surface area contributed by atoms with Gasteiger partial charge in [0.15, 0.2) is 11.6 Å². The molecule has 6 nitrogen and oxygen atoms in total. The zero-order valence-corrected chi connectivity index (χ0v) is 18.1. The van der Waals surface area contributed by atoms with Crippen LogP contribution in [0.5, 0.6) is 0 Å². The highest BCUT2D eigenvalue weighted by molar-refractivity contribution is 7.89. The van der Waals surface area contributed by atoms with Gasteiger partial charge in [-0.05, 0) is 37.3 Å². The van der Waals surface area contributed by atoms with Crippen LogP contribution >= 0.6 is 0 Å². The Labute approximate surface area is 185 Å². The Morgan fingerprint density at radius 3 is 2.22 bits per heavy atom. The Morgan fingerprint density at radius 1 is 0.906 bits per heavy atom. The zero-order chi connectivity index (χ0) is 22.9. The van der Waals surface area contributed by atoms with Crippen LogP contribution in [0, 0.1) is 18.6 Å². The Morgan fingerprint density at radius 2 is 1.59 bits per heavy atom. The number of sulfonamides is 1. The van der Waals surface area contributed by atoms with Gasteiger partial charge in [0.2, 0.25) is 10.0 Å². The van der Waals surface area contributed by atoms with Crippen molar-refractivity contribution in [3.63, 3.8) is 0 Å². The van der Waals surface area contributed by atoms with Gasteiger partial charge in [-0.3, -0.25) is 9.78 Å². The highest BCUT2D eigenvalue weighted by Gasteiger charge is 2.31. The van der Waals surface area contributed by atoms with Crippen molar-refractivity contribution in [2.45, 2.75) is 11.8 Å². The maximum atomic E-state index is 13.5. The van der Waals surface area contributed by atoms with Gasteiger partial charge in [-0.1, -0.05) is 30.3 Å². The fourth-order valence-corrected chi connectivity index (χ4v) is 5.08. The first-order valence-electron chi connectivity index (χ1n) is 10.0. The van der Waals surface area contributed by atoms with E-state index in [-0.39, 0.29) is 37.0 Å². The highest BCUT2D eigenvalue weighted by Crippen LogP contribution is 2.22. The third-order valence-electron chi connectivity index (χ3n) is 5.44. The first kappa shape index (κ1) is 22.0. The number of benzene rings is 2. The number of pyridine rings is 1. The second kappa shape index (κ2) is 8.76. The number of hydrogen-bond acceptors (Lipinski definition) is 4. The smallest absolute Gasteiger partial charge is 0.255 e. The van der Waals surface area contributed by atoms with Crippen LogP contribution in [0.25, 0.3) is 11.3 Å². The van der Waals surface area contributed by atoms with E-state index in [0.717, 1.165) is 23.4 Å². The largest absolute Gasteiger partial charge is 0.336 e. The minimum Gasteiger partial charge on any atom is -0.336 e. The molecule has 0 saturated carbocycles. The van der Waals surface area contributed by atoms with Crippen LogP contribution in [0.15, 0.2) is 65.6 Å². The molecule has 1 fully saturated rings. The van der Waals surface area contributed by atoms with Gasteiger partial charge in [0.25, 0.3) is 5.91 Å². The van der Waals surface area contributed by atoms with Crippen LogP contribution in [0.3, 0.4) is 0 Å². The van der Waals surface area contributed by atoms with E-state index in [9.17, 15) is 22.0 Å². The molecule has 3 aromatic rings. The standard InChI is InChI=1S/C23H21F2N3O3S/c1-16-19(8-10-22(26-16)17-5-3-2-4-6-17)23(29)27-11-13-28(14-12-27)32(30,31)18-7-9-20(24)21(25)15-18/h2-10,15H,11-14H2,1H3. The van der Waals surface area contributed by atoms with Crippen molar-refractivity contribution in [3.8, 4) is 11.3 Å². The average Bonchev–Trinajstić information content (AvgIpc) is 2.81. The number of carbonyl (C=O) groups excluding carboxylic acids is 1. The van der Waals surface area contributed by atoms with Gasteiger partial charge < -0.3 is 4.90 Å². The number of piperazine rings is 1. The number of aromatic nitrogens is 1. The molecule has 0 spiro atoms. The summed E-state index contributed by atoms with van der Waals surface area (Å²) < 4.78 is 53.3. The second-order valence-electron chi connectivity index (χ2n) is 7.47. The molecule has 1 aromatic heterocycles. The summed E-state index contributed by atoms with van der Waals surface area (Å²) in [6.07, 6.45) is 0. The molecule has 0 unspecified atom stereocenters. The molecule has 32 heavy (non-hydrogen) atoms. The molecule has 0 N–H and O–H groups in total. The molecule has 9 heteroatoms. The summed E-state index contributed by atoms with van der Waals surface area (Å²) >= 11 is 0. The first-order valence-corrected chi connectivity index (χ1v) is 11.5. The van der Waals surface area contributed by atoms with E-state index in [4.69, 9.17) is 0 Å². The molecule has 0 aliphatic carbocycles. The first-order chi connectivity index (χ1) is 15.3. The minimum absolute atomic E-state index is 0.0572. The van der Waals surface area contributed by atoms with Crippen molar-refractivity contribution >= 4 is 15.9 Å². The molecule has 0 radical (unpaired) electrons. The summed E-state index contributed by atoms with van der Waals surface area (Å²) in [5, 5.41) is 0. The molecule has 166 valence electrons. The zero-order valence-electron chi connectivity index (χ0n) is 17.3. The van der Waals surface area contributed by atoms with Crippen LogP contribution in [-0.4, -0.2) is 54.7 Å². The average molecular weight is 458 g/mol. The minimum atomic E-state index is -3.98. The van der Waals surface area contributed by atoms with Gasteiger partial charge in [0.05, 0.1) is 21.8 Å². The van der Waals surface area contributed by atoms with E-state index in [1.807, 2.05) is 30.3 Å². The third-order valence-corrected chi connectivity index (χ3v) is 7.34. The van der Waals surface area contributed by atoms with Crippen molar-refractivity contribution in [2.24, 2.45) is 0 Å². The van der Waals surface area contributed by atoms with Gasteiger partial charge in [-0.2, -0.15) is 4.31 Å². The van der Waals surface area contributed by atoms with Gasteiger partial charge in [-0.25, -0.2) is 17.2 Å². The summed E-state index contributed by atoms with van der Waals surface area (Å²) in [5.74, 6) is -2.55. The lowest BCUT2D eigenvalue weighted by Gasteiger charge is -2.34. The fraction of sp³-hybridized carbons (Fsp3) is 0.217. The van der Waals surface area contributed by atoms with Crippen LogP contribution in [-0.2, 0) is 10.0 Å². The van der Waals surface area contributed by atoms with E-state index < -0.39 is 21.7 Å². The van der Waals surface area contributed by atoms with E-state index >= 15 is 0 Å². The summed E-state index contributed by atoms with van der Waals surface area (Å²) in [6.45, 7) is 2.25. The Hall–Kier alpha value is -3.17. The van der Waals surface area contributed by atoms with Gasteiger partial charge in [0, 0.05) is 31.7 Å². The molecule has 2 heterocycles. The number of hydrogen-bond donors (Lipinski definition) is 0. The predicted octanol–water partition coefficient (Wildman–Crippen LogP) is 3.48. The van der Waals surface area contributed by atoms with Crippen molar-refractivity contribution < 1.29 is 22.0 Å². The van der Waals surface area contributed by atoms with Gasteiger partial charge in [-0.15, -0.1) is 0 Å². The topological polar surface area (TPSA) is 70.6 Å². The normalized spacial score (nSPS) is 15.0. The second-order valence-corrected chi connectivity index (χ2v) is 9.41. The number of halogens is 2. The lowest BCUT2D eigenvalue weighted by Crippen LogP contribution is -2.50. The summed E-state index contributed by atoms with van der Waals surface area (Å²) in [7, 11) is -3.98. The Kier molecular flexibility index (Phi) is 6.03. The Bertz CT molecular complexity index is 1260. The molecule has 0 atom stereocenters. The lowest BCUT2D eigenvalue weighted by atomic mass is 10.1. The quantitative estimate of drug-likeness (QED) is 0.602. The monoisotopic (exact) mass is 457 g/mol. The molecule has 2 aromatic carbocycles. The van der Waals surface area contributed by atoms with Crippen molar-refractivity contribution in [1.82, 2.24) is 14.2 Å². The number of nitrogens with zero attached hydrogens (tertiary/aromatic N) is 3. The highest BCUT2D eigenvalue weighted by atomic mass is 32.2. The molecule has 4 rings (SSSR count). The molecule has 1 amide bonds. The van der Waals surface area contributed by atoms with Crippen molar-refractivity contribution in [3.05, 3.63) is 83.6 Å². The number of amides is 1. The Balaban J connectivity index is 1.46. The van der Waals surface area contributed by atoms with Gasteiger partial charge >= 0.3 is 0 Å². The van der Waals surface area contributed by atoms with E-state index in [1.54, 1.807) is 24.0 Å². The van der Waals surface area contributed by atoms with Crippen molar-refractivity contribution in [1.29, 1.82) is 0 Å². The summed E-state index contributed by atoms with van der Waals surface area (Å²) in [4.78, 5) is 18.8. The molecular weight excluding hydrogens is 436 g/mol. The molecule has 1 aliphatic heterocycles. The lowest BCUT2D eigenvalue weighted by molar-refractivity contribution is 0.0696. The number of rotatable bonds is 4. The van der Waals surface area contributed by atoms with Crippen LogP contribution in [0.1, 0.15) is 16.1 Å². The number of aryl methyl sites for hydroxylation is 1. The molecular formula is C23H21F2N3O3S. The maximum Gasteiger partial charge on any atom is 0.255 e. The molecule has 1 saturated heterocycles. The number of carbonyl (C=O) groups is 1. The predicted molar refractivity (Wildman–Crippen MR) is 115 cm³/mol. The van der Waals surface area contributed by atoms with E-state index in [2.05, 4.69) is 4.98 Å². The van der Waals surface area contributed by atoms with Crippen LogP contribution < -0.4 is 0 Å². The molecule has 1 aliphatic rings. The van der Waals surface area contributed by atoms with E-state index in [1.165, 1.54) is 4.31 Å². The summed E-state index contributed by atoms with van der Waals surface area (Å²) in [6, 6.07) is 15.7. The van der Waals surface area contributed by atoms with E-state index in [0.29, 0.717) is 17.3 Å². The molecule has 0 bridgehead atoms. The fourth-order valence-electron chi connectivity index (χ4n) is 3.65. The van der Waals surface area contributed by atoms with Gasteiger partial charge in [0.1, 0.15) is 0 Å². The summed E-state index contributed by atoms with van der Waals surface area (Å²) in [5.41, 5.74) is 2.77. The van der Waals surface area contributed by atoms with Crippen LogP contribution in [0.4, 0.5) is 8.78 Å². The van der Waals surface area contributed by atoms with Crippen LogP contribution in [0.2, 0.25) is 0 Å². The maximum absolute atomic E-state index is 13.5.